The van der Waals surface area contributed by atoms with Crippen molar-refractivity contribution in [2.45, 2.75) is 19.4 Å². The van der Waals surface area contributed by atoms with Gasteiger partial charge in [-0.3, -0.25) is 4.90 Å². The van der Waals surface area contributed by atoms with Gasteiger partial charge >= 0.3 is 0 Å². The van der Waals surface area contributed by atoms with Crippen LogP contribution in [0.3, 0.4) is 0 Å². The van der Waals surface area contributed by atoms with E-state index in [9.17, 15) is 4.39 Å². The largest absolute Gasteiger partial charge is 0.486 e. The van der Waals surface area contributed by atoms with Gasteiger partial charge in [-0.1, -0.05) is 0 Å². The number of ether oxygens (including phenoxy) is 1. The highest BCUT2D eigenvalue weighted by molar-refractivity contribution is 5.83. The molecule has 1 aliphatic rings. The van der Waals surface area contributed by atoms with Crippen LogP contribution in [-0.4, -0.2) is 52.6 Å². The topological polar surface area (TPSA) is 81.1 Å². The Hall–Kier alpha value is -3.96. The molecule has 0 aliphatic carbocycles. The Morgan fingerprint density at radius 3 is 2.69 bits per heavy atom. The number of hydrogen-bond acceptors (Lipinski definition) is 6. The minimum atomic E-state index is -0.187. The molecule has 3 heterocycles. The van der Waals surface area contributed by atoms with Gasteiger partial charge in [-0.15, -0.1) is 0 Å². The summed E-state index contributed by atoms with van der Waals surface area (Å²) in [6.07, 6.45) is 5.57. The third-order valence-corrected chi connectivity index (χ3v) is 6.41. The molecule has 0 spiro atoms. The van der Waals surface area contributed by atoms with Crippen LogP contribution >= 0.6 is 0 Å². The summed E-state index contributed by atoms with van der Waals surface area (Å²) in [5.41, 5.74) is 3.69. The van der Waals surface area contributed by atoms with Crippen LogP contribution in [0.4, 0.5) is 10.1 Å². The van der Waals surface area contributed by atoms with E-state index >= 15 is 0 Å². The van der Waals surface area contributed by atoms with E-state index in [4.69, 9.17) is 10.00 Å². The number of H-pyrrole nitrogens is 1. The lowest BCUT2D eigenvalue weighted by atomic mass is 10.1. The standard InChI is InChI=1S/C27H27FN6O/c28-21-3-8-26-25(16-21)20(18-31-26)2-1-11-33-12-14-34(15-13-33)23-4-6-24(7-5-23)35-19-27-30-10-9-22(17-29)32-27/h3-10,16,18,31H,1-2,11-15,19H2. The smallest absolute Gasteiger partial charge is 0.167 e. The number of anilines is 1. The van der Waals surface area contributed by atoms with Crippen LogP contribution in [0, 0.1) is 17.1 Å². The van der Waals surface area contributed by atoms with Crippen LogP contribution in [-0.2, 0) is 13.0 Å². The summed E-state index contributed by atoms with van der Waals surface area (Å²) in [5.74, 6) is 1.05. The number of fused-ring (bicyclic) bond motifs is 1. The van der Waals surface area contributed by atoms with Crippen LogP contribution < -0.4 is 9.64 Å². The molecule has 4 aromatic rings. The number of rotatable bonds is 8. The predicted octanol–water partition coefficient (Wildman–Crippen LogP) is 4.30. The van der Waals surface area contributed by atoms with Crippen molar-refractivity contribution in [2.75, 3.05) is 37.6 Å². The Kier molecular flexibility index (Phi) is 6.87. The highest BCUT2D eigenvalue weighted by Gasteiger charge is 2.17. The first kappa shape index (κ1) is 22.8. The first-order valence-corrected chi connectivity index (χ1v) is 11.9. The summed E-state index contributed by atoms with van der Waals surface area (Å²) in [6.45, 7) is 5.26. The molecule has 1 saturated heterocycles. The molecule has 2 aromatic carbocycles. The molecule has 0 bridgehead atoms. The van der Waals surface area contributed by atoms with Gasteiger partial charge in [0.15, 0.2) is 5.82 Å². The third-order valence-electron chi connectivity index (χ3n) is 6.41. The first-order valence-electron chi connectivity index (χ1n) is 11.9. The Bertz CT molecular complexity index is 1320. The maximum Gasteiger partial charge on any atom is 0.167 e. The zero-order chi connectivity index (χ0) is 24.0. The van der Waals surface area contributed by atoms with Gasteiger partial charge in [-0.05, 0) is 73.5 Å². The minimum Gasteiger partial charge on any atom is -0.486 e. The van der Waals surface area contributed by atoms with Gasteiger partial charge in [-0.25, -0.2) is 14.4 Å². The fourth-order valence-corrected chi connectivity index (χ4v) is 4.51. The second kappa shape index (κ2) is 10.5. The number of aromatic amines is 1. The van der Waals surface area contributed by atoms with Crippen molar-refractivity contribution in [3.63, 3.8) is 0 Å². The molecule has 7 nitrogen and oxygen atoms in total. The fourth-order valence-electron chi connectivity index (χ4n) is 4.51. The van der Waals surface area contributed by atoms with Crippen molar-refractivity contribution in [3.05, 3.63) is 83.8 Å². The van der Waals surface area contributed by atoms with Gasteiger partial charge in [0.25, 0.3) is 0 Å². The molecule has 2 aromatic heterocycles. The number of nitrogens with zero attached hydrogens (tertiary/aromatic N) is 5. The summed E-state index contributed by atoms with van der Waals surface area (Å²) in [6, 6.07) is 16.6. The molecule has 1 fully saturated rings. The first-order chi connectivity index (χ1) is 17.2. The number of nitriles is 1. The lowest BCUT2D eigenvalue weighted by molar-refractivity contribution is 0.255. The van der Waals surface area contributed by atoms with E-state index < -0.39 is 0 Å². The molecule has 5 rings (SSSR count). The van der Waals surface area contributed by atoms with Crippen LogP contribution in [0.5, 0.6) is 5.75 Å². The van der Waals surface area contributed by atoms with E-state index in [2.05, 4.69) is 36.9 Å². The zero-order valence-corrected chi connectivity index (χ0v) is 19.5. The number of aryl methyl sites for hydroxylation is 1. The maximum atomic E-state index is 13.6. The lowest BCUT2D eigenvalue weighted by Crippen LogP contribution is -2.46. The molecule has 35 heavy (non-hydrogen) atoms. The van der Waals surface area contributed by atoms with E-state index in [0.717, 1.165) is 62.2 Å². The molecule has 8 heteroatoms. The van der Waals surface area contributed by atoms with Crippen LogP contribution in [0.15, 0.2) is 60.9 Å². The highest BCUT2D eigenvalue weighted by Crippen LogP contribution is 2.23. The molecule has 0 amide bonds. The second-order valence-electron chi connectivity index (χ2n) is 8.69. The van der Waals surface area contributed by atoms with Crippen molar-refractivity contribution in [2.24, 2.45) is 0 Å². The molecular formula is C27H27FN6O. The van der Waals surface area contributed by atoms with E-state index in [1.165, 1.54) is 17.3 Å². The Morgan fingerprint density at radius 1 is 1.06 bits per heavy atom. The van der Waals surface area contributed by atoms with Gasteiger partial charge in [0.05, 0.1) is 0 Å². The van der Waals surface area contributed by atoms with Crippen LogP contribution in [0.2, 0.25) is 0 Å². The molecule has 178 valence electrons. The van der Waals surface area contributed by atoms with Gasteiger partial charge in [0, 0.05) is 55.2 Å². The molecule has 0 atom stereocenters. The normalized spacial score (nSPS) is 14.2. The van der Waals surface area contributed by atoms with E-state index in [1.807, 2.05) is 24.4 Å². The Morgan fingerprint density at radius 2 is 1.89 bits per heavy atom. The lowest BCUT2D eigenvalue weighted by Gasteiger charge is -2.36. The van der Waals surface area contributed by atoms with E-state index in [0.29, 0.717) is 11.5 Å². The van der Waals surface area contributed by atoms with Gasteiger partial charge in [0.2, 0.25) is 0 Å². The predicted molar refractivity (Wildman–Crippen MR) is 133 cm³/mol. The van der Waals surface area contributed by atoms with Crippen molar-refractivity contribution >= 4 is 16.6 Å². The average molecular weight is 471 g/mol. The van der Waals surface area contributed by atoms with Gasteiger partial charge < -0.3 is 14.6 Å². The number of hydrogen-bond donors (Lipinski definition) is 1. The quantitative estimate of drug-likeness (QED) is 0.414. The second-order valence-corrected chi connectivity index (χ2v) is 8.69. The monoisotopic (exact) mass is 470 g/mol. The van der Waals surface area contributed by atoms with Crippen molar-refractivity contribution < 1.29 is 9.13 Å². The van der Waals surface area contributed by atoms with Crippen molar-refractivity contribution in [1.29, 1.82) is 5.26 Å². The SMILES string of the molecule is N#Cc1ccnc(COc2ccc(N3CCN(CCCc4c[nH]c5ccc(F)cc45)CC3)cc2)n1. The van der Waals surface area contributed by atoms with E-state index in [-0.39, 0.29) is 12.4 Å². The molecule has 1 N–H and O–H groups in total. The molecule has 0 radical (unpaired) electrons. The summed E-state index contributed by atoms with van der Waals surface area (Å²) in [4.78, 5) is 16.4. The molecule has 0 unspecified atom stereocenters. The van der Waals surface area contributed by atoms with E-state index in [1.54, 1.807) is 24.4 Å². The third kappa shape index (κ3) is 5.58. The van der Waals surface area contributed by atoms with Gasteiger partial charge in [-0.2, -0.15) is 5.26 Å². The average Bonchev–Trinajstić information content (AvgIpc) is 3.30. The Balaban J connectivity index is 1.07. The number of nitrogens with one attached hydrogen (secondary N) is 1. The summed E-state index contributed by atoms with van der Waals surface area (Å²) < 4.78 is 19.4. The summed E-state index contributed by atoms with van der Waals surface area (Å²) >= 11 is 0. The highest BCUT2D eigenvalue weighted by atomic mass is 19.1. The van der Waals surface area contributed by atoms with Crippen LogP contribution in [0.1, 0.15) is 23.5 Å². The Labute approximate surface area is 203 Å². The minimum absolute atomic E-state index is 0.187. The molecular weight excluding hydrogens is 443 g/mol. The number of benzene rings is 2. The summed E-state index contributed by atoms with van der Waals surface area (Å²) in [7, 11) is 0. The van der Waals surface area contributed by atoms with Crippen LogP contribution in [0.25, 0.3) is 10.9 Å². The maximum absolute atomic E-state index is 13.6. The molecule has 1 aliphatic heterocycles. The molecule has 0 saturated carbocycles. The van der Waals surface area contributed by atoms with Gasteiger partial charge in [0.1, 0.15) is 29.9 Å². The number of piperazine rings is 1. The van der Waals surface area contributed by atoms with Crippen molar-refractivity contribution in [3.8, 4) is 11.8 Å². The number of aromatic nitrogens is 3. The zero-order valence-electron chi connectivity index (χ0n) is 19.5. The summed E-state index contributed by atoms with van der Waals surface area (Å²) in [5, 5.41) is 9.93. The fraction of sp³-hybridized carbons (Fsp3) is 0.296. The van der Waals surface area contributed by atoms with Crippen molar-refractivity contribution in [1.82, 2.24) is 19.9 Å². The number of halogens is 1.